The lowest BCUT2D eigenvalue weighted by atomic mass is 10.3. The van der Waals surface area contributed by atoms with Crippen LogP contribution >= 0.6 is 11.8 Å². The third kappa shape index (κ3) is 8.03. The Morgan fingerprint density at radius 2 is 2.24 bits per heavy atom. The quantitative estimate of drug-likeness (QED) is 0.639. The molecule has 1 fully saturated rings. The second-order valence-corrected chi connectivity index (χ2v) is 6.24. The fourth-order valence-corrected chi connectivity index (χ4v) is 3.03. The molecule has 1 aliphatic rings. The molecule has 0 radical (unpaired) electrons. The summed E-state index contributed by atoms with van der Waals surface area (Å²) in [5.74, 6) is 1.29. The lowest BCUT2D eigenvalue weighted by Crippen LogP contribution is -2.41. The number of unbranched alkanes of at least 4 members (excludes halogenated alkanes) is 1. The zero-order valence-corrected chi connectivity index (χ0v) is 12.2. The molecule has 0 aromatic carbocycles. The molecule has 0 aliphatic carbocycles. The van der Waals surface area contributed by atoms with E-state index in [9.17, 15) is 0 Å². The molecule has 1 unspecified atom stereocenters. The fraction of sp³-hybridized carbons (Fsp3) is 1.00. The van der Waals surface area contributed by atoms with Crippen LogP contribution in [0.5, 0.6) is 0 Å². The minimum absolute atomic E-state index is 0.807. The Morgan fingerprint density at radius 3 is 3.00 bits per heavy atom. The van der Waals surface area contributed by atoms with Crippen LogP contribution in [0.25, 0.3) is 0 Å². The molecule has 0 aromatic rings. The van der Waals surface area contributed by atoms with Gasteiger partial charge in [0.05, 0.1) is 6.61 Å². The SMILES string of the molecule is CCCCOCCNCCN1CCSC(C)C1. The Kier molecular flexibility index (Phi) is 9.16. The van der Waals surface area contributed by atoms with Gasteiger partial charge in [0.1, 0.15) is 0 Å². The Labute approximate surface area is 111 Å². The Balaban J connectivity index is 1.83. The van der Waals surface area contributed by atoms with Crippen molar-refractivity contribution >= 4 is 11.8 Å². The zero-order valence-electron chi connectivity index (χ0n) is 11.4. The highest BCUT2D eigenvalue weighted by molar-refractivity contribution is 7.99. The summed E-state index contributed by atoms with van der Waals surface area (Å²) in [7, 11) is 0. The molecule has 0 saturated carbocycles. The van der Waals surface area contributed by atoms with Crippen LogP contribution in [0, 0.1) is 0 Å². The molecule has 1 heterocycles. The maximum absolute atomic E-state index is 5.50. The van der Waals surface area contributed by atoms with E-state index in [0.29, 0.717) is 0 Å². The standard InChI is InChI=1S/C13H28N2OS/c1-3-4-9-16-10-6-14-5-7-15-8-11-17-13(2)12-15/h13-14H,3-12H2,1-2H3. The average molecular weight is 260 g/mol. The van der Waals surface area contributed by atoms with E-state index in [2.05, 4.69) is 35.8 Å². The highest BCUT2D eigenvalue weighted by atomic mass is 32.2. The van der Waals surface area contributed by atoms with Crippen LogP contribution in [0.15, 0.2) is 0 Å². The third-order valence-corrected chi connectivity index (χ3v) is 4.13. The molecule has 0 amide bonds. The van der Waals surface area contributed by atoms with Gasteiger partial charge in [-0.15, -0.1) is 0 Å². The fourth-order valence-electron chi connectivity index (χ4n) is 1.95. The third-order valence-electron chi connectivity index (χ3n) is 3.00. The van der Waals surface area contributed by atoms with Crippen LogP contribution < -0.4 is 5.32 Å². The van der Waals surface area contributed by atoms with Crippen molar-refractivity contribution in [1.29, 1.82) is 0 Å². The minimum Gasteiger partial charge on any atom is -0.380 e. The minimum atomic E-state index is 0.807. The van der Waals surface area contributed by atoms with Gasteiger partial charge in [-0.2, -0.15) is 11.8 Å². The van der Waals surface area contributed by atoms with E-state index in [1.807, 2.05) is 0 Å². The van der Waals surface area contributed by atoms with Gasteiger partial charge in [-0.25, -0.2) is 0 Å². The van der Waals surface area contributed by atoms with Crippen LogP contribution in [-0.4, -0.2) is 61.8 Å². The van der Waals surface area contributed by atoms with Gasteiger partial charge in [0, 0.05) is 50.3 Å². The number of thioether (sulfide) groups is 1. The van der Waals surface area contributed by atoms with Crippen molar-refractivity contribution < 1.29 is 4.74 Å². The van der Waals surface area contributed by atoms with Crippen molar-refractivity contribution in [3.63, 3.8) is 0 Å². The van der Waals surface area contributed by atoms with Crippen molar-refractivity contribution in [2.24, 2.45) is 0 Å². The molecule has 4 heteroatoms. The summed E-state index contributed by atoms with van der Waals surface area (Å²) in [6.45, 7) is 12.1. The summed E-state index contributed by atoms with van der Waals surface area (Å²) in [6.07, 6.45) is 2.40. The van der Waals surface area contributed by atoms with E-state index in [4.69, 9.17) is 4.74 Å². The van der Waals surface area contributed by atoms with Gasteiger partial charge >= 0.3 is 0 Å². The number of ether oxygens (including phenoxy) is 1. The van der Waals surface area contributed by atoms with Gasteiger partial charge in [0.25, 0.3) is 0 Å². The predicted molar refractivity (Wildman–Crippen MR) is 77.0 cm³/mol. The van der Waals surface area contributed by atoms with Crippen molar-refractivity contribution in [2.75, 3.05) is 51.7 Å². The Morgan fingerprint density at radius 1 is 1.35 bits per heavy atom. The molecule has 0 spiro atoms. The maximum Gasteiger partial charge on any atom is 0.0590 e. The first-order valence-electron chi connectivity index (χ1n) is 6.95. The molecular formula is C13H28N2OS. The summed E-state index contributed by atoms with van der Waals surface area (Å²) in [5, 5.41) is 4.26. The molecule has 1 saturated heterocycles. The number of nitrogens with zero attached hydrogens (tertiary/aromatic N) is 1. The first-order chi connectivity index (χ1) is 8.33. The molecule has 102 valence electrons. The van der Waals surface area contributed by atoms with E-state index in [-0.39, 0.29) is 0 Å². The normalized spacial score (nSPS) is 21.9. The van der Waals surface area contributed by atoms with Crippen LogP contribution in [0.1, 0.15) is 26.7 Å². The van der Waals surface area contributed by atoms with Crippen LogP contribution in [0.3, 0.4) is 0 Å². The van der Waals surface area contributed by atoms with Crippen LogP contribution in [0.4, 0.5) is 0 Å². The average Bonchev–Trinajstić information content (AvgIpc) is 2.33. The Bertz CT molecular complexity index is 181. The van der Waals surface area contributed by atoms with E-state index in [1.165, 1.54) is 38.2 Å². The number of nitrogens with one attached hydrogen (secondary N) is 1. The molecule has 17 heavy (non-hydrogen) atoms. The lowest BCUT2D eigenvalue weighted by molar-refractivity contribution is 0.132. The van der Waals surface area contributed by atoms with E-state index in [0.717, 1.165) is 31.6 Å². The zero-order chi connectivity index (χ0) is 12.3. The number of hydrogen-bond acceptors (Lipinski definition) is 4. The van der Waals surface area contributed by atoms with Gasteiger partial charge in [0.2, 0.25) is 0 Å². The maximum atomic E-state index is 5.50. The summed E-state index contributed by atoms with van der Waals surface area (Å²) >= 11 is 2.09. The first-order valence-corrected chi connectivity index (χ1v) is 8.00. The molecule has 1 N–H and O–H groups in total. The summed E-state index contributed by atoms with van der Waals surface area (Å²) in [5.41, 5.74) is 0. The van der Waals surface area contributed by atoms with Gasteiger partial charge < -0.3 is 15.0 Å². The van der Waals surface area contributed by atoms with Gasteiger partial charge in [0.15, 0.2) is 0 Å². The largest absolute Gasteiger partial charge is 0.380 e. The smallest absolute Gasteiger partial charge is 0.0590 e. The highest BCUT2D eigenvalue weighted by Crippen LogP contribution is 2.16. The van der Waals surface area contributed by atoms with Crippen LogP contribution in [0.2, 0.25) is 0 Å². The molecular weight excluding hydrogens is 232 g/mol. The van der Waals surface area contributed by atoms with Gasteiger partial charge in [-0.1, -0.05) is 20.3 Å². The number of rotatable bonds is 9. The van der Waals surface area contributed by atoms with Crippen molar-refractivity contribution in [3.05, 3.63) is 0 Å². The first kappa shape index (κ1) is 15.3. The summed E-state index contributed by atoms with van der Waals surface area (Å²) in [6, 6.07) is 0. The predicted octanol–water partition coefficient (Wildman–Crippen LogP) is 1.83. The Hall–Kier alpha value is 0.230. The highest BCUT2D eigenvalue weighted by Gasteiger charge is 2.15. The molecule has 1 atom stereocenters. The summed E-state index contributed by atoms with van der Waals surface area (Å²) < 4.78 is 5.50. The van der Waals surface area contributed by atoms with Gasteiger partial charge in [-0.05, 0) is 6.42 Å². The van der Waals surface area contributed by atoms with E-state index < -0.39 is 0 Å². The molecule has 1 rings (SSSR count). The summed E-state index contributed by atoms with van der Waals surface area (Å²) in [4.78, 5) is 2.56. The van der Waals surface area contributed by atoms with Crippen molar-refractivity contribution in [2.45, 2.75) is 31.9 Å². The second-order valence-electron chi connectivity index (χ2n) is 4.70. The monoisotopic (exact) mass is 260 g/mol. The topological polar surface area (TPSA) is 24.5 Å². The lowest BCUT2D eigenvalue weighted by Gasteiger charge is -2.30. The second kappa shape index (κ2) is 10.2. The van der Waals surface area contributed by atoms with E-state index >= 15 is 0 Å². The van der Waals surface area contributed by atoms with Crippen LogP contribution in [-0.2, 0) is 4.74 Å². The number of hydrogen-bond donors (Lipinski definition) is 1. The van der Waals surface area contributed by atoms with Crippen molar-refractivity contribution in [1.82, 2.24) is 10.2 Å². The van der Waals surface area contributed by atoms with Crippen molar-refractivity contribution in [3.8, 4) is 0 Å². The molecule has 3 nitrogen and oxygen atoms in total. The molecule has 0 aromatic heterocycles. The van der Waals surface area contributed by atoms with E-state index in [1.54, 1.807) is 0 Å². The van der Waals surface area contributed by atoms with Gasteiger partial charge in [-0.3, -0.25) is 0 Å². The molecule has 0 bridgehead atoms. The molecule has 1 aliphatic heterocycles.